The van der Waals surface area contributed by atoms with Crippen molar-refractivity contribution >= 4 is 5.91 Å². The Morgan fingerprint density at radius 2 is 2.05 bits per heavy atom. The minimum absolute atomic E-state index is 0.0726. The highest BCUT2D eigenvalue weighted by Gasteiger charge is 2.62. The fourth-order valence-electron chi connectivity index (χ4n) is 2.95. The van der Waals surface area contributed by atoms with Gasteiger partial charge in [-0.25, -0.2) is 13.8 Å². The molecule has 7 heteroatoms. The molecule has 1 aliphatic carbocycles. The predicted molar refractivity (Wildman–Crippen MR) is 64.8 cm³/mol. The first-order valence-electron chi connectivity index (χ1n) is 6.46. The summed E-state index contributed by atoms with van der Waals surface area (Å²) in [5.74, 6) is -2.70. The van der Waals surface area contributed by atoms with Crippen LogP contribution >= 0.6 is 0 Å². The first-order chi connectivity index (χ1) is 8.83. The molecule has 0 aromatic heterocycles. The summed E-state index contributed by atoms with van der Waals surface area (Å²) in [6.07, 6.45) is 2.22. The van der Waals surface area contributed by atoms with Crippen LogP contribution in [0.15, 0.2) is 11.9 Å². The lowest BCUT2D eigenvalue weighted by Gasteiger charge is -2.33. The Balaban J connectivity index is 1.88. The van der Waals surface area contributed by atoms with Crippen LogP contribution < -0.4 is 5.73 Å². The molecule has 19 heavy (non-hydrogen) atoms. The van der Waals surface area contributed by atoms with Gasteiger partial charge in [-0.3, -0.25) is 14.7 Å². The Bertz CT molecular complexity index is 453. The van der Waals surface area contributed by atoms with E-state index in [1.165, 1.54) is 4.90 Å². The van der Waals surface area contributed by atoms with Crippen molar-refractivity contribution in [3.8, 4) is 0 Å². The number of carbonyl (C=O) groups excluding carboxylic acids is 1. The molecule has 1 saturated carbocycles. The molecule has 3 rings (SSSR count). The zero-order chi connectivity index (χ0) is 13.9. The third-order valence-corrected chi connectivity index (χ3v) is 4.33. The van der Waals surface area contributed by atoms with E-state index >= 15 is 0 Å². The molecule has 0 aromatic carbocycles. The molecule has 106 valence electrons. The van der Waals surface area contributed by atoms with Gasteiger partial charge in [-0.2, -0.15) is 0 Å². The molecule has 0 spiro atoms. The molecule has 1 saturated heterocycles. The number of carbonyl (C=O) groups is 1. The van der Waals surface area contributed by atoms with E-state index in [1.807, 2.05) is 10.0 Å². The molecular formula is C12H18F2N4O. The summed E-state index contributed by atoms with van der Waals surface area (Å²) in [7, 11) is 3.44. The minimum atomic E-state index is -2.57. The van der Waals surface area contributed by atoms with Gasteiger partial charge in [0.2, 0.25) is 5.91 Å². The molecule has 0 aromatic rings. The Labute approximate surface area is 110 Å². The quantitative estimate of drug-likeness (QED) is 0.741. The van der Waals surface area contributed by atoms with Gasteiger partial charge >= 0.3 is 0 Å². The van der Waals surface area contributed by atoms with Gasteiger partial charge < -0.3 is 5.73 Å². The summed E-state index contributed by atoms with van der Waals surface area (Å²) in [5.41, 5.74) is 5.78. The van der Waals surface area contributed by atoms with Gasteiger partial charge in [-0.05, 0) is 12.5 Å². The zero-order valence-corrected chi connectivity index (χ0v) is 11.0. The lowest BCUT2D eigenvalue weighted by Crippen LogP contribution is -2.43. The predicted octanol–water partition coefficient (Wildman–Crippen LogP) is 0.203. The minimum Gasteiger partial charge on any atom is -0.320 e. The van der Waals surface area contributed by atoms with Crippen LogP contribution in [0.1, 0.15) is 12.8 Å². The lowest BCUT2D eigenvalue weighted by molar-refractivity contribution is -0.130. The van der Waals surface area contributed by atoms with Crippen LogP contribution in [0.5, 0.6) is 0 Å². The number of rotatable bonds is 1. The number of fused-ring (bicyclic) bond motifs is 1. The van der Waals surface area contributed by atoms with Crippen LogP contribution in [0.25, 0.3) is 0 Å². The fraction of sp³-hybridized carbons (Fsp3) is 0.750. The fourth-order valence-corrected chi connectivity index (χ4v) is 2.95. The van der Waals surface area contributed by atoms with E-state index in [9.17, 15) is 13.6 Å². The molecule has 3 aliphatic rings. The van der Waals surface area contributed by atoms with Crippen LogP contribution in [-0.4, -0.2) is 59.5 Å². The number of hydrogen-bond donors (Lipinski definition) is 1. The molecule has 3 atom stereocenters. The maximum absolute atomic E-state index is 13.2. The molecule has 0 radical (unpaired) electrons. The summed E-state index contributed by atoms with van der Waals surface area (Å²) in [5, 5.41) is 3.69. The summed E-state index contributed by atoms with van der Waals surface area (Å²) in [4.78, 5) is 13.5. The van der Waals surface area contributed by atoms with E-state index in [4.69, 9.17) is 5.73 Å². The van der Waals surface area contributed by atoms with Crippen LogP contribution in [0.2, 0.25) is 0 Å². The van der Waals surface area contributed by atoms with Gasteiger partial charge in [0, 0.05) is 33.0 Å². The van der Waals surface area contributed by atoms with Crippen molar-refractivity contribution in [2.75, 3.05) is 20.6 Å². The molecule has 0 bridgehead atoms. The van der Waals surface area contributed by atoms with Gasteiger partial charge in [-0.1, -0.05) is 0 Å². The van der Waals surface area contributed by atoms with Crippen molar-refractivity contribution in [2.24, 2.45) is 11.7 Å². The normalized spacial score (nSPS) is 38.1. The van der Waals surface area contributed by atoms with Crippen LogP contribution in [0.4, 0.5) is 8.78 Å². The summed E-state index contributed by atoms with van der Waals surface area (Å²) >= 11 is 0. The third-order valence-electron chi connectivity index (χ3n) is 4.33. The van der Waals surface area contributed by atoms with E-state index in [0.29, 0.717) is 18.8 Å². The first-order valence-corrected chi connectivity index (χ1v) is 6.46. The Hall–Kier alpha value is -1.21. The average molecular weight is 272 g/mol. The molecule has 1 unspecified atom stereocenters. The van der Waals surface area contributed by atoms with E-state index in [-0.39, 0.29) is 18.4 Å². The summed E-state index contributed by atoms with van der Waals surface area (Å²) in [6.45, 7) is 0.578. The summed E-state index contributed by atoms with van der Waals surface area (Å²) < 4.78 is 26.5. The molecule has 2 fully saturated rings. The molecule has 2 heterocycles. The van der Waals surface area contributed by atoms with Crippen LogP contribution in [0.3, 0.4) is 0 Å². The number of likely N-dealkylation sites (N-methyl/N-ethyl adjacent to an activating group) is 2. The lowest BCUT2D eigenvalue weighted by atomic mass is 10.1. The number of alkyl halides is 2. The smallest absolute Gasteiger partial charge is 0.253 e. The van der Waals surface area contributed by atoms with E-state index < -0.39 is 17.9 Å². The SMILES string of the molecule is CN1C(=O)[C@@H](N)CCN2C1=CC([C@@H]1CC1(F)F)N2C. The van der Waals surface area contributed by atoms with Crippen molar-refractivity contribution in [1.82, 2.24) is 14.9 Å². The van der Waals surface area contributed by atoms with Gasteiger partial charge in [-0.15, -0.1) is 0 Å². The topological polar surface area (TPSA) is 52.8 Å². The summed E-state index contributed by atoms with van der Waals surface area (Å²) in [6, 6.07) is -0.861. The highest BCUT2D eigenvalue weighted by Crippen LogP contribution is 2.53. The van der Waals surface area contributed by atoms with E-state index in [1.54, 1.807) is 20.2 Å². The van der Waals surface area contributed by atoms with E-state index in [2.05, 4.69) is 0 Å². The van der Waals surface area contributed by atoms with Gasteiger partial charge in [0.15, 0.2) is 0 Å². The Kier molecular flexibility index (Phi) is 2.62. The second-order valence-electron chi connectivity index (χ2n) is 5.58. The highest BCUT2D eigenvalue weighted by atomic mass is 19.3. The largest absolute Gasteiger partial charge is 0.320 e. The number of halogens is 2. The van der Waals surface area contributed by atoms with Gasteiger partial charge in [0.1, 0.15) is 5.82 Å². The Morgan fingerprint density at radius 1 is 1.42 bits per heavy atom. The maximum Gasteiger partial charge on any atom is 0.253 e. The average Bonchev–Trinajstić information content (AvgIpc) is 2.88. The van der Waals surface area contributed by atoms with Crippen molar-refractivity contribution in [3.63, 3.8) is 0 Å². The second kappa shape index (κ2) is 3.89. The van der Waals surface area contributed by atoms with Crippen molar-refractivity contribution in [2.45, 2.75) is 30.8 Å². The molecular weight excluding hydrogens is 254 g/mol. The van der Waals surface area contributed by atoms with Gasteiger partial charge in [0.25, 0.3) is 5.92 Å². The van der Waals surface area contributed by atoms with Crippen molar-refractivity contribution in [3.05, 3.63) is 11.9 Å². The number of hydrogen-bond acceptors (Lipinski definition) is 4. The monoisotopic (exact) mass is 272 g/mol. The molecule has 2 aliphatic heterocycles. The maximum atomic E-state index is 13.2. The number of nitrogens with two attached hydrogens (primary N) is 1. The highest BCUT2D eigenvalue weighted by molar-refractivity contribution is 5.83. The van der Waals surface area contributed by atoms with Crippen LogP contribution in [-0.2, 0) is 4.79 Å². The van der Waals surface area contributed by atoms with Gasteiger partial charge in [0.05, 0.1) is 12.1 Å². The second-order valence-corrected chi connectivity index (χ2v) is 5.58. The number of nitrogens with zero attached hydrogens (tertiary/aromatic N) is 3. The van der Waals surface area contributed by atoms with E-state index in [0.717, 1.165) is 0 Å². The molecule has 2 N–H and O–H groups in total. The molecule has 1 amide bonds. The standard InChI is InChI=1S/C12H18F2N4O/c1-16-10-5-9(7-6-12(7,13)14)17(2)18(10)4-3-8(15)11(16)19/h5,7-9H,3-4,6,15H2,1-2H3/t7-,8-,9?/m0/s1. The number of amides is 1. The Morgan fingerprint density at radius 3 is 2.63 bits per heavy atom. The molecule has 5 nitrogen and oxygen atoms in total. The number of hydrazine groups is 1. The zero-order valence-electron chi connectivity index (χ0n) is 11.0. The third kappa shape index (κ3) is 1.83. The van der Waals surface area contributed by atoms with Crippen LogP contribution in [0, 0.1) is 5.92 Å². The van der Waals surface area contributed by atoms with Crippen molar-refractivity contribution < 1.29 is 13.6 Å². The first kappa shape index (κ1) is 12.8. The van der Waals surface area contributed by atoms with Crippen molar-refractivity contribution in [1.29, 1.82) is 0 Å².